The first kappa shape index (κ1) is 19.0. The molecule has 3 atom stereocenters. The summed E-state index contributed by atoms with van der Waals surface area (Å²) in [5.41, 5.74) is 1.73. The van der Waals surface area contributed by atoms with E-state index in [4.69, 9.17) is 33.3 Å². The molecule has 28 heavy (non-hydrogen) atoms. The van der Waals surface area contributed by atoms with Crippen LogP contribution >= 0.6 is 23.8 Å². The van der Waals surface area contributed by atoms with Crippen LogP contribution in [0.2, 0.25) is 5.02 Å². The molecule has 0 aromatic heterocycles. The third kappa shape index (κ3) is 2.91. The molecule has 2 aliphatic rings. The number of benzene rings is 2. The van der Waals surface area contributed by atoms with Gasteiger partial charge in [0.05, 0.1) is 12.6 Å². The first-order valence-corrected chi connectivity index (χ1v) is 9.96. The van der Waals surface area contributed by atoms with Crippen LogP contribution in [-0.4, -0.2) is 23.4 Å². The monoisotopic (exact) mass is 416 g/mol. The fourth-order valence-electron chi connectivity index (χ4n) is 4.03. The predicted octanol–water partition coefficient (Wildman–Crippen LogP) is 4.37. The number of aryl methyl sites for hydroxylation is 1. The number of rotatable bonds is 3. The summed E-state index contributed by atoms with van der Waals surface area (Å²) in [7, 11) is 0. The van der Waals surface area contributed by atoms with Crippen molar-refractivity contribution in [2.75, 3.05) is 11.5 Å². The molecular formula is C21H21ClN2O3S. The van der Waals surface area contributed by atoms with Crippen molar-refractivity contribution in [2.45, 2.75) is 32.5 Å². The van der Waals surface area contributed by atoms with Crippen LogP contribution in [0.15, 0.2) is 42.5 Å². The fourth-order valence-corrected chi connectivity index (χ4v) is 4.62. The van der Waals surface area contributed by atoms with Crippen LogP contribution in [-0.2, 0) is 9.53 Å². The summed E-state index contributed by atoms with van der Waals surface area (Å²) in [6, 6.07) is 13.0. The van der Waals surface area contributed by atoms with E-state index in [0.717, 1.165) is 16.8 Å². The van der Waals surface area contributed by atoms with Crippen LogP contribution in [0.4, 0.5) is 5.69 Å². The van der Waals surface area contributed by atoms with Gasteiger partial charge in [0.15, 0.2) is 5.11 Å². The van der Waals surface area contributed by atoms with E-state index in [9.17, 15) is 4.79 Å². The van der Waals surface area contributed by atoms with Crippen LogP contribution < -0.4 is 15.0 Å². The molecule has 4 rings (SSSR count). The maximum absolute atomic E-state index is 13.0. The lowest BCUT2D eigenvalue weighted by Gasteiger charge is -2.55. The zero-order valence-corrected chi connectivity index (χ0v) is 17.4. The zero-order chi connectivity index (χ0) is 20.1. The van der Waals surface area contributed by atoms with Crippen molar-refractivity contribution in [2.24, 2.45) is 5.92 Å². The van der Waals surface area contributed by atoms with Gasteiger partial charge in [0.1, 0.15) is 11.7 Å². The first-order chi connectivity index (χ1) is 13.3. The Hall–Kier alpha value is -2.31. The Balaban J connectivity index is 1.89. The molecule has 2 aromatic carbocycles. The molecule has 1 fully saturated rings. The third-order valence-corrected chi connectivity index (χ3v) is 5.83. The van der Waals surface area contributed by atoms with E-state index < -0.39 is 11.6 Å². The molecule has 1 N–H and O–H groups in total. The molecule has 0 unspecified atom stereocenters. The number of nitrogens with zero attached hydrogens (tertiary/aromatic N) is 1. The van der Waals surface area contributed by atoms with Crippen molar-refractivity contribution in [1.82, 2.24) is 5.32 Å². The van der Waals surface area contributed by atoms with Gasteiger partial charge in [0, 0.05) is 16.3 Å². The van der Waals surface area contributed by atoms with Gasteiger partial charge < -0.3 is 14.8 Å². The van der Waals surface area contributed by atoms with Crippen LogP contribution in [0.1, 0.15) is 31.0 Å². The van der Waals surface area contributed by atoms with Gasteiger partial charge in [-0.05, 0) is 63.3 Å². The highest BCUT2D eigenvalue weighted by Gasteiger charge is 2.59. The Kier molecular flexibility index (Phi) is 4.71. The highest BCUT2D eigenvalue weighted by atomic mass is 35.5. The Morgan fingerprint density at radius 1 is 1.32 bits per heavy atom. The minimum absolute atomic E-state index is 0.287. The van der Waals surface area contributed by atoms with Gasteiger partial charge in [-0.3, -0.25) is 9.69 Å². The summed E-state index contributed by atoms with van der Waals surface area (Å²) >= 11 is 11.9. The molecule has 2 aliphatic heterocycles. The summed E-state index contributed by atoms with van der Waals surface area (Å²) in [6.07, 6.45) is 0. The van der Waals surface area contributed by atoms with Gasteiger partial charge in [-0.2, -0.15) is 0 Å². The van der Waals surface area contributed by atoms with Crippen molar-refractivity contribution >= 4 is 40.6 Å². The molecule has 2 aromatic rings. The van der Waals surface area contributed by atoms with E-state index in [1.807, 2.05) is 55.1 Å². The molecular weight excluding hydrogens is 396 g/mol. The van der Waals surface area contributed by atoms with Gasteiger partial charge in [-0.25, -0.2) is 0 Å². The quantitative estimate of drug-likeness (QED) is 0.592. The van der Waals surface area contributed by atoms with E-state index >= 15 is 0 Å². The molecule has 2 heterocycles. The standard InChI is InChI=1S/C21H21ClN2O3S/c1-4-26-19(25)17-18-15-11-13(22)7-10-16(15)27-21(17,3)24(20(28)23-18)14-8-5-12(2)6-9-14/h5-11,17-18H,4H2,1-3H3,(H,23,28)/t17-,18-,21+/m1/s1. The van der Waals surface area contributed by atoms with Crippen molar-refractivity contribution in [3.8, 4) is 5.75 Å². The topological polar surface area (TPSA) is 50.8 Å². The Morgan fingerprint density at radius 2 is 2.04 bits per heavy atom. The highest BCUT2D eigenvalue weighted by Crippen LogP contribution is 2.50. The van der Waals surface area contributed by atoms with Crippen LogP contribution in [0.5, 0.6) is 5.75 Å². The predicted molar refractivity (Wildman–Crippen MR) is 113 cm³/mol. The normalized spacial score (nSPS) is 25.4. The number of halogens is 1. The van der Waals surface area contributed by atoms with E-state index in [1.54, 1.807) is 13.0 Å². The summed E-state index contributed by atoms with van der Waals surface area (Å²) in [4.78, 5) is 14.9. The van der Waals surface area contributed by atoms with Crippen molar-refractivity contribution < 1.29 is 14.3 Å². The number of hydrogen-bond donors (Lipinski definition) is 1. The van der Waals surface area contributed by atoms with Crippen molar-refractivity contribution in [1.29, 1.82) is 0 Å². The Morgan fingerprint density at radius 3 is 2.71 bits per heavy atom. The average molecular weight is 417 g/mol. The SMILES string of the molecule is CCOC(=O)[C@H]1[C@@H]2NC(=S)N(c3ccc(C)cc3)[C@@]1(C)Oc1ccc(Cl)cc12. The smallest absolute Gasteiger partial charge is 0.317 e. The van der Waals surface area contributed by atoms with Gasteiger partial charge in [0.2, 0.25) is 5.72 Å². The Labute approximate surface area is 174 Å². The van der Waals surface area contributed by atoms with Crippen molar-refractivity contribution in [3.63, 3.8) is 0 Å². The van der Waals surface area contributed by atoms with E-state index in [-0.39, 0.29) is 18.6 Å². The molecule has 0 saturated carbocycles. The number of nitrogens with one attached hydrogen (secondary N) is 1. The summed E-state index contributed by atoms with van der Waals surface area (Å²) in [5.74, 6) is -0.302. The van der Waals surface area contributed by atoms with Crippen LogP contribution in [0.25, 0.3) is 0 Å². The second-order valence-corrected chi connectivity index (χ2v) is 7.99. The van der Waals surface area contributed by atoms with Crippen molar-refractivity contribution in [3.05, 3.63) is 58.6 Å². The van der Waals surface area contributed by atoms with Crippen LogP contribution in [0.3, 0.4) is 0 Å². The second-order valence-electron chi connectivity index (χ2n) is 7.17. The van der Waals surface area contributed by atoms with Crippen LogP contribution in [0, 0.1) is 12.8 Å². The molecule has 1 saturated heterocycles. The number of ether oxygens (including phenoxy) is 2. The lowest BCUT2D eigenvalue weighted by molar-refractivity contribution is -0.159. The van der Waals surface area contributed by atoms with Gasteiger partial charge in [-0.15, -0.1) is 0 Å². The number of thiocarbonyl (C=S) groups is 1. The maximum atomic E-state index is 13.0. The molecule has 146 valence electrons. The van der Waals surface area contributed by atoms with E-state index in [2.05, 4.69) is 5.32 Å². The van der Waals surface area contributed by atoms with Gasteiger partial charge >= 0.3 is 5.97 Å². The number of carbonyl (C=O) groups excluding carboxylic acids is 1. The average Bonchev–Trinajstić information content (AvgIpc) is 2.63. The highest BCUT2D eigenvalue weighted by molar-refractivity contribution is 7.80. The number of anilines is 1. The molecule has 0 spiro atoms. The molecule has 2 bridgehead atoms. The lowest BCUT2D eigenvalue weighted by Crippen LogP contribution is -2.71. The third-order valence-electron chi connectivity index (χ3n) is 5.29. The molecule has 7 heteroatoms. The number of hydrogen-bond acceptors (Lipinski definition) is 4. The minimum Gasteiger partial charge on any atom is -0.466 e. The summed E-state index contributed by atoms with van der Waals surface area (Å²) in [5, 5.41) is 4.39. The molecule has 0 radical (unpaired) electrons. The largest absolute Gasteiger partial charge is 0.466 e. The Bertz CT molecular complexity index is 949. The van der Waals surface area contributed by atoms with Gasteiger partial charge in [-0.1, -0.05) is 29.3 Å². The fraction of sp³-hybridized carbons (Fsp3) is 0.333. The maximum Gasteiger partial charge on any atom is 0.317 e. The van der Waals surface area contributed by atoms with E-state index in [1.165, 1.54) is 0 Å². The minimum atomic E-state index is -1.05. The summed E-state index contributed by atoms with van der Waals surface area (Å²) in [6.45, 7) is 5.98. The zero-order valence-electron chi connectivity index (χ0n) is 15.9. The number of carbonyl (C=O) groups is 1. The molecule has 5 nitrogen and oxygen atoms in total. The molecule has 0 aliphatic carbocycles. The number of esters is 1. The summed E-state index contributed by atoms with van der Waals surface area (Å²) < 4.78 is 11.8. The van der Waals surface area contributed by atoms with Gasteiger partial charge in [0.25, 0.3) is 0 Å². The first-order valence-electron chi connectivity index (χ1n) is 9.17. The van der Waals surface area contributed by atoms with E-state index in [0.29, 0.717) is 15.9 Å². The molecule has 0 amide bonds. The lowest BCUT2D eigenvalue weighted by atomic mass is 9.79. The second kappa shape index (κ2) is 6.94. The number of fused-ring (bicyclic) bond motifs is 4.